The molecule has 0 aliphatic carbocycles. The second-order valence-corrected chi connectivity index (χ2v) is 8.42. The lowest BCUT2D eigenvalue weighted by molar-refractivity contribution is -0.115. The van der Waals surface area contributed by atoms with Crippen LogP contribution >= 0.6 is 11.8 Å². The summed E-state index contributed by atoms with van der Waals surface area (Å²) in [4.78, 5) is 32.3. The van der Waals surface area contributed by atoms with Crippen LogP contribution in [0.3, 0.4) is 0 Å². The summed E-state index contributed by atoms with van der Waals surface area (Å²) in [7, 11) is 3.35. The maximum absolute atomic E-state index is 12.5. The standard InChI is InChI=1S/C22H22N6O3S/c1-13(20-24-15-9-5-4-8-14(15)21(30)25-20)32-22-27-26-18(28(22)2)12-19(29)23-16-10-6-7-11-17(16)31-3/h4-11,13H,12H2,1-3H3,(H,23,29)(H,24,25,30). The molecule has 9 nitrogen and oxygen atoms in total. The van der Waals surface area contributed by atoms with Gasteiger partial charge in [-0.3, -0.25) is 9.59 Å². The molecule has 0 saturated heterocycles. The van der Waals surface area contributed by atoms with Crippen LogP contribution in [0, 0.1) is 0 Å². The van der Waals surface area contributed by atoms with Crippen molar-refractivity contribution in [2.75, 3.05) is 12.4 Å². The second-order valence-electron chi connectivity index (χ2n) is 7.11. The molecule has 4 aromatic rings. The molecule has 164 valence electrons. The summed E-state index contributed by atoms with van der Waals surface area (Å²) in [5, 5.41) is 12.2. The number of aromatic nitrogens is 5. The summed E-state index contributed by atoms with van der Waals surface area (Å²) in [5.74, 6) is 1.43. The maximum Gasteiger partial charge on any atom is 0.258 e. The number of amides is 1. The fourth-order valence-electron chi connectivity index (χ4n) is 3.20. The van der Waals surface area contributed by atoms with Crippen LogP contribution < -0.4 is 15.6 Å². The summed E-state index contributed by atoms with van der Waals surface area (Å²) in [6, 6.07) is 14.4. The largest absolute Gasteiger partial charge is 0.495 e. The zero-order chi connectivity index (χ0) is 22.7. The third-order valence-corrected chi connectivity index (χ3v) is 6.07. The quantitative estimate of drug-likeness (QED) is 0.416. The first-order chi connectivity index (χ1) is 15.5. The fraction of sp³-hybridized carbons (Fsp3) is 0.227. The van der Waals surface area contributed by atoms with Gasteiger partial charge in [0.2, 0.25) is 5.91 Å². The van der Waals surface area contributed by atoms with Crippen LogP contribution in [0.2, 0.25) is 0 Å². The summed E-state index contributed by atoms with van der Waals surface area (Å²) >= 11 is 1.40. The van der Waals surface area contributed by atoms with Crippen LogP contribution in [0.1, 0.15) is 23.8 Å². The highest BCUT2D eigenvalue weighted by Gasteiger charge is 2.19. The average Bonchev–Trinajstić information content (AvgIpc) is 3.13. The van der Waals surface area contributed by atoms with Gasteiger partial charge in [-0.05, 0) is 31.2 Å². The number of thioether (sulfide) groups is 1. The smallest absolute Gasteiger partial charge is 0.258 e. The Bertz CT molecular complexity index is 1330. The molecule has 1 unspecified atom stereocenters. The Kier molecular flexibility index (Phi) is 6.22. The topological polar surface area (TPSA) is 115 Å². The van der Waals surface area contributed by atoms with Crippen LogP contribution in [0.15, 0.2) is 58.5 Å². The normalized spacial score (nSPS) is 12.0. The number of aromatic amines is 1. The molecule has 0 aliphatic rings. The monoisotopic (exact) mass is 450 g/mol. The number of nitrogens with zero attached hydrogens (tertiary/aromatic N) is 4. The Morgan fingerprint density at radius 3 is 2.75 bits per heavy atom. The van der Waals surface area contributed by atoms with E-state index in [4.69, 9.17) is 4.74 Å². The minimum atomic E-state index is -0.227. The number of rotatable bonds is 7. The van der Waals surface area contributed by atoms with Gasteiger partial charge in [-0.15, -0.1) is 10.2 Å². The van der Waals surface area contributed by atoms with E-state index in [0.29, 0.717) is 39.1 Å². The van der Waals surface area contributed by atoms with E-state index in [2.05, 4.69) is 25.5 Å². The summed E-state index contributed by atoms with van der Waals surface area (Å²) < 4.78 is 7.03. The predicted molar refractivity (Wildman–Crippen MR) is 123 cm³/mol. The van der Waals surface area contributed by atoms with Gasteiger partial charge in [0.25, 0.3) is 5.56 Å². The molecule has 0 bridgehead atoms. The zero-order valence-electron chi connectivity index (χ0n) is 17.8. The van der Waals surface area contributed by atoms with Gasteiger partial charge in [0.05, 0.1) is 35.4 Å². The van der Waals surface area contributed by atoms with E-state index in [9.17, 15) is 9.59 Å². The van der Waals surface area contributed by atoms with Crippen molar-refractivity contribution in [2.24, 2.45) is 7.05 Å². The molecule has 2 aromatic heterocycles. The lowest BCUT2D eigenvalue weighted by Gasteiger charge is -2.11. The minimum absolute atomic E-state index is 0.0571. The van der Waals surface area contributed by atoms with E-state index in [0.717, 1.165) is 0 Å². The highest BCUT2D eigenvalue weighted by molar-refractivity contribution is 7.99. The Balaban J connectivity index is 1.47. The van der Waals surface area contributed by atoms with Crippen molar-refractivity contribution in [3.63, 3.8) is 0 Å². The molecule has 0 fully saturated rings. The number of ether oxygens (including phenoxy) is 1. The molecule has 4 rings (SSSR count). The lowest BCUT2D eigenvalue weighted by Crippen LogP contribution is -2.17. The molecule has 2 heterocycles. The molecule has 1 amide bonds. The molecular formula is C22H22N6O3S. The SMILES string of the molecule is COc1ccccc1NC(=O)Cc1nnc(SC(C)c2nc3ccccc3c(=O)[nH]2)n1C. The number of carbonyl (C=O) groups is 1. The van der Waals surface area contributed by atoms with E-state index in [1.54, 1.807) is 36.9 Å². The molecule has 32 heavy (non-hydrogen) atoms. The molecule has 2 N–H and O–H groups in total. The summed E-state index contributed by atoms with van der Waals surface area (Å²) in [6.45, 7) is 1.93. The summed E-state index contributed by atoms with van der Waals surface area (Å²) in [6.07, 6.45) is 0.0571. The first-order valence-electron chi connectivity index (χ1n) is 9.93. The third kappa shape index (κ3) is 4.50. The number of benzene rings is 2. The molecule has 1 atom stereocenters. The summed E-state index contributed by atoms with van der Waals surface area (Å²) in [5.41, 5.74) is 1.06. The van der Waals surface area contributed by atoms with E-state index < -0.39 is 0 Å². The molecule has 2 aromatic carbocycles. The van der Waals surface area contributed by atoms with Gasteiger partial charge in [0.1, 0.15) is 17.4 Å². The van der Waals surface area contributed by atoms with Gasteiger partial charge in [-0.2, -0.15) is 0 Å². The molecule has 0 spiro atoms. The van der Waals surface area contributed by atoms with Crippen LogP contribution in [-0.2, 0) is 18.3 Å². The number of methoxy groups -OCH3 is 1. The molecule has 0 radical (unpaired) electrons. The third-order valence-electron chi connectivity index (χ3n) is 4.92. The van der Waals surface area contributed by atoms with Gasteiger partial charge in [0, 0.05) is 7.05 Å². The molecule has 0 aliphatic heterocycles. The van der Waals surface area contributed by atoms with Crippen molar-refractivity contribution in [2.45, 2.75) is 23.8 Å². The van der Waals surface area contributed by atoms with Crippen molar-refractivity contribution in [1.82, 2.24) is 24.7 Å². The number of para-hydroxylation sites is 3. The van der Waals surface area contributed by atoms with Crippen LogP contribution in [0.5, 0.6) is 5.75 Å². The Morgan fingerprint density at radius 2 is 1.94 bits per heavy atom. The first kappa shape index (κ1) is 21.6. The van der Waals surface area contributed by atoms with E-state index in [-0.39, 0.29) is 23.1 Å². The van der Waals surface area contributed by atoms with E-state index in [1.807, 2.05) is 37.3 Å². The van der Waals surface area contributed by atoms with E-state index >= 15 is 0 Å². The molecular weight excluding hydrogens is 428 g/mol. The van der Waals surface area contributed by atoms with Crippen LogP contribution in [0.25, 0.3) is 10.9 Å². The Hall–Kier alpha value is -3.66. The van der Waals surface area contributed by atoms with Gasteiger partial charge in [-0.25, -0.2) is 4.98 Å². The van der Waals surface area contributed by atoms with E-state index in [1.165, 1.54) is 11.8 Å². The number of hydrogen-bond donors (Lipinski definition) is 2. The molecule has 10 heteroatoms. The van der Waals surface area contributed by atoms with Crippen LogP contribution in [0.4, 0.5) is 5.69 Å². The maximum atomic E-state index is 12.5. The first-order valence-corrected chi connectivity index (χ1v) is 10.8. The van der Waals surface area contributed by atoms with Gasteiger partial charge < -0.3 is 19.6 Å². The van der Waals surface area contributed by atoms with Crippen molar-refractivity contribution >= 4 is 34.3 Å². The highest BCUT2D eigenvalue weighted by Crippen LogP contribution is 2.32. The Morgan fingerprint density at radius 1 is 1.19 bits per heavy atom. The van der Waals surface area contributed by atoms with Crippen molar-refractivity contribution in [3.8, 4) is 5.75 Å². The lowest BCUT2D eigenvalue weighted by atomic mass is 10.2. The van der Waals surface area contributed by atoms with Crippen molar-refractivity contribution < 1.29 is 9.53 Å². The zero-order valence-corrected chi connectivity index (χ0v) is 18.6. The van der Waals surface area contributed by atoms with Crippen molar-refractivity contribution in [1.29, 1.82) is 0 Å². The number of hydrogen-bond acceptors (Lipinski definition) is 7. The Labute approximate surface area is 188 Å². The van der Waals surface area contributed by atoms with Crippen LogP contribution in [-0.4, -0.2) is 37.7 Å². The second kappa shape index (κ2) is 9.23. The average molecular weight is 451 g/mol. The van der Waals surface area contributed by atoms with Gasteiger partial charge in [0.15, 0.2) is 5.16 Å². The number of anilines is 1. The predicted octanol–water partition coefficient (Wildman–Crippen LogP) is 3.09. The minimum Gasteiger partial charge on any atom is -0.495 e. The number of carbonyl (C=O) groups excluding carboxylic acids is 1. The fourth-order valence-corrected chi connectivity index (χ4v) is 4.09. The van der Waals surface area contributed by atoms with Gasteiger partial charge >= 0.3 is 0 Å². The van der Waals surface area contributed by atoms with Crippen molar-refractivity contribution in [3.05, 3.63) is 70.5 Å². The number of nitrogens with one attached hydrogen (secondary N) is 2. The molecule has 0 saturated carbocycles. The van der Waals surface area contributed by atoms with Gasteiger partial charge in [-0.1, -0.05) is 36.0 Å². The number of fused-ring (bicyclic) bond motifs is 1. The highest BCUT2D eigenvalue weighted by atomic mass is 32.2. The number of H-pyrrole nitrogens is 1.